The lowest BCUT2D eigenvalue weighted by Gasteiger charge is -2.31. The Hall–Kier alpha value is -1.02. The molecule has 2 heteroatoms. The fraction of sp³-hybridized carbons (Fsp3) is 0.455. The lowest BCUT2D eigenvalue weighted by atomic mass is 10.1. The number of hydrogen-bond acceptors (Lipinski definition) is 2. The largest absolute Gasteiger partial charge is 0.393 e. The van der Waals surface area contributed by atoms with E-state index in [4.69, 9.17) is 0 Å². The molecule has 1 fully saturated rings. The van der Waals surface area contributed by atoms with Crippen LogP contribution in [0.2, 0.25) is 0 Å². The summed E-state index contributed by atoms with van der Waals surface area (Å²) in [4.78, 5) is 2.31. The topological polar surface area (TPSA) is 23.5 Å². The average Bonchev–Trinajstić information content (AvgIpc) is 2.20. The summed E-state index contributed by atoms with van der Waals surface area (Å²) in [6, 6.07) is 11.0. The van der Waals surface area contributed by atoms with Crippen LogP contribution in [-0.2, 0) is 0 Å². The van der Waals surface area contributed by atoms with E-state index in [9.17, 15) is 5.11 Å². The van der Waals surface area contributed by atoms with E-state index in [1.54, 1.807) is 0 Å². The van der Waals surface area contributed by atoms with Crippen molar-refractivity contribution in [2.75, 3.05) is 18.0 Å². The molecule has 1 aliphatic heterocycles. The Bertz CT molecular complexity index is 252. The number of anilines is 1. The number of hydrogen-bond donors (Lipinski definition) is 1. The molecule has 1 radical (unpaired) electrons. The zero-order valence-electron chi connectivity index (χ0n) is 7.61. The molecule has 1 aliphatic rings. The highest BCUT2D eigenvalue weighted by Gasteiger charge is 2.16. The van der Waals surface area contributed by atoms with Crippen molar-refractivity contribution in [1.82, 2.24) is 0 Å². The Morgan fingerprint density at radius 2 is 1.85 bits per heavy atom. The van der Waals surface area contributed by atoms with Gasteiger partial charge in [0.15, 0.2) is 0 Å². The fourth-order valence-corrected chi connectivity index (χ4v) is 1.71. The molecule has 1 aromatic rings. The Morgan fingerprint density at radius 3 is 2.46 bits per heavy atom. The van der Waals surface area contributed by atoms with Gasteiger partial charge in [-0.15, -0.1) is 0 Å². The number of aliphatic hydroxyl groups excluding tert-OH is 1. The average molecular weight is 176 g/mol. The van der Waals surface area contributed by atoms with Crippen molar-refractivity contribution in [3.05, 3.63) is 30.3 Å². The smallest absolute Gasteiger partial charge is 0.0574 e. The first-order valence-electron chi connectivity index (χ1n) is 4.75. The molecule has 1 aromatic carbocycles. The first-order chi connectivity index (χ1) is 6.36. The first-order valence-corrected chi connectivity index (χ1v) is 4.75. The van der Waals surface area contributed by atoms with Crippen LogP contribution in [0.1, 0.15) is 12.8 Å². The van der Waals surface area contributed by atoms with Crippen molar-refractivity contribution in [3.8, 4) is 0 Å². The van der Waals surface area contributed by atoms with Crippen LogP contribution < -0.4 is 4.90 Å². The Kier molecular flexibility index (Phi) is 2.50. The predicted octanol–water partition coefficient (Wildman–Crippen LogP) is 1.45. The van der Waals surface area contributed by atoms with Gasteiger partial charge in [-0.25, -0.2) is 0 Å². The summed E-state index contributed by atoms with van der Waals surface area (Å²) < 4.78 is 0. The van der Waals surface area contributed by atoms with Crippen molar-refractivity contribution in [2.45, 2.75) is 18.9 Å². The van der Waals surface area contributed by atoms with E-state index in [2.05, 4.69) is 23.1 Å². The maximum atomic E-state index is 9.34. The van der Waals surface area contributed by atoms with Gasteiger partial charge in [0.1, 0.15) is 0 Å². The van der Waals surface area contributed by atoms with E-state index in [0.29, 0.717) is 0 Å². The number of nitrogens with zero attached hydrogens (tertiary/aromatic N) is 1. The van der Waals surface area contributed by atoms with E-state index in [1.165, 1.54) is 5.69 Å². The number of benzene rings is 1. The minimum atomic E-state index is -0.0912. The third kappa shape index (κ3) is 2.01. The lowest BCUT2D eigenvalue weighted by Crippen LogP contribution is -2.35. The Morgan fingerprint density at radius 1 is 1.23 bits per heavy atom. The van der Waals surface area contributed by atoms with Crippen LogP contribution in [0.15, 0.2) is 24.3 Å². The number of rotatable bonds is 1. The second-order valence-electron chi connectivity index (χ2n) is 3.48. The second-order valence-corrected chi connectivity index (χ2v) is 3.48. The Balaban J connectivity index is 2.03. The summed E-state index contributed by atoms with van der Waals surface area (Å²) in [5.74, 6) is 0. The SMILES string of the molecule is OC1CCN(c2cc[c]cc2)CC1. The van der Waals surface area contributed by atoms with Crippen molar-refractivity contribution in [1.29, 1.82) is 0 Å². The van der Waals surface area contributed by atoms with E-state index in [0.717, 1.165) is 25.9 Å². The maximum Gasteiger partial charge on any atom is 0.0574 e. The molecular weight excluding hydrogens is 162 g/mol. The first kappa shape index (κ1) is 8.57. The minimum absolute atomic E-state index is 0.0912. The van der Waals surface area contributed by atoms with E-state index in [-0.39, 0.29) is 6.10 Å². The molecule has 2 rings (SSSR count). The molecule has 0 unspecified atom stereocenters. The van der Waals surface area contributed by atoms with Gasteiger partial charge in [0.2, 0.25) is 0 Å². The van der Waals surface area contributed by atoms with Gasteiger partial charge in [-0.2, -0.15) is 0 Å². The summed E-state index contributed by atoms with van der Waals surface area (Å²) in [5.41, 5.74) is 1.24. The van der Waals surface area contributed by atoms with Crippen LogP contribution in [0.4, 0.5) is 5.69 Å². The summed E-state index contributed by atoms with van der Waals surface area (Å²) >= 11 is 0. The highest BCUT2D eigenvalue weighted by Crippen LogP contribution is 2.18. The summed E-state index contributed by atoms with van der Waals surface area (Å²) in [6.45, 7) is 1.93. The highest BCUT2D eigenvalue weighted by molar-refractivity contribution is 5.45. The van der Waals surface area contributed by atoms with Crippen LogP contribution in [0.5, 0.6) is 0 Å². The van der Waals surface area contributed by atoms with Gasteiger partial charge in [0.25, 0.3) is 0 Å². The number of piperidine rings is 1. The van der Waals surface area contributed by atoms with Crippen LogP contribution in [-0.4, -0.2) is 24.3 Å². The summed E-state index contributed by atoms with van der Waals surface area (Å²) in [5, 5.41) is 9.34. The van der Waals surface area contributed by atoms with Gasteiger partial charge >= 0.3 is 0 Å². The fourth-order valence-electron chi connectivity index (χ4n) is 1.71. The molecule has 2 nitrogen and oxygen atoms in total. The normalized spacial score (nSPS) is 19.0. The molecule has 0 atom stereocenters. The van der Waals surface area contributed by atoms with Crippen molar-refractivity contribution < 1.29 is 5.11 Å². The monoisotopic (exact) mass is 176 g/mol. The van der Waals surface area contributed by atoms with Crippen LogP contribution in [0.3, 0.4) is 0 Å². The Labute approximate surface area is 78.8 Å². The molecule has 1 heterocycles. The summed E-state index contributed by atoms with van der Waals surface area (Å²) in [6.07, 6.45) is 1.68. The van der Waals surface area contributed by atoms with Gasteiger partial charge < -0.3 is 10.0 Å². The van der Waals surface area contributed by atoms with Crippen LogP contribution in [0, 0.1) is 6.07 Å². The third-order valence-corrected chi connectivity index (χ3v) is 2.53. The molecular formula is C11H14NO. The maximum absolute atomic E-state index is 9.34. The molecule has 0 bridgehead atoms. The second kappa shape index (κ2) is 3.79. The molecule has 1 N–H and O–H groups in total. The molecule has 69 valence electrons. The van der Waals surface area contributed by atoms with Gasteiger partial charge in [-0.1, -0.05) is 12.1 Å². The van der Waals surface area contributed by atoms with Crippen molar-refractivity contribution >= 4 is 5.69 Å². The quantitative estimate of drug-likeness (QED) is 0.700. The predicted molar refractivity (Wildman–Crippen MR) is 52.7 cm³/mol. The summed E-state index contributed by atoms with van der Waals surface area (Å²) in [7, 11) is 0. The van der Waals surface area contributed by atoms with E-state index < -0.39 is 0 Å². The van der Waals surface area contributed by atoms with Gasteiger partial charge in [0, 0.05) is 18.8 Å². The molecule has 0 saturated carbocycles. The van der Waals surface area contributed by atoms with Gasteiger partial charge in [0.05, 0.1) is 6.10 Å². The highest BCUT2D eigenvalue weighted by atomic mass is 16.3. The minimum Gasteiger partial charge on any atom is -0.393 e. The van der Waals surface area contributed by atoms with Gasteiger partial charge in [-0.05, 0) is 31.0 Å². The molecule has 0 amide bonds. The molecule has 0 aliphatic carbocycles. The van der Waals surface area contributed by atoms with Crippen LogP contribution >= 0.6 is 0 Å². The van der Waals surface area contributed by atoms with Crippen LogP contribution in [0.25, 0.3) is 0 Å². The van der Waals surface area contributed by atoms with E-state index >= 15 is 0 Å². The van der Waals surface area contributed by atoms with E-state index in [1.807, 2.05) is 12.1 Å². The molecule has 0 aromatic heterocycles. The zero-order chi connectivity index (χ0) is 9.10. The molecule has 1 saturated heterocycles. The van der Waals surface area contributed by atoms with Gasteiger partial charge in [-0.3, -0.25) is 0 Å². The zero-order valence-corrected chi connectivity index (χ0v) is 7.61. The molecule has 0 spiro atoms. The van der Waals surface area contributed by atoms with Crippen molar-refractivity contribution in [2.24, 2.45) is 0 Å². The van der Waals surface area contributed by atoms with Crippen molar-refractivity contribution in [3.63, 3.8) is 0 Å². The number of aliphatic hydroxyl groups is 1. The third-order valence-electron chi connectivity index (χ3n) is 2.53. The molecule has 13 heavy (non-hydrogen) atoms. The standard InChI is InChI=1S/C11H14NO/c13-11-6-8-12(9-7-11)10-4-2-1-3-5-10/h2-5,11,13H,6-9H2. The lowest BCUT2D eigenvalue weighted by molar-refractivity contribution is 0.145.